The molecular formula is C27H30N4O3. The molecule has 34 heavy (non-hydrogen) atoms. The Bertz CT molecular complexity index is 1190. The van der Waals surface area contributed by atoms with Crippen molar-refractivity contribution in [2.45, 2.75) is 31.3 Å². The third kappa shape index (κ3) is 6.33. The van der Waals surface area contributed by atoms with E-state index < -0.39 is 5.56 Å². The smallest absolute Gasteiger partial charge is 0.293 e. The van der Waals surface area contributed by atoms with Gasteiger partial charge in [-0.25, -0.2) is 4.98 Å². The van der Waals surface area contributed by atoms with Gasteiger partial charge in [-0.2, -0.15) is 0 Å². The lowest BCUT2D eigenvalue weighted by Gasteiger charge is -2.16. The Morgan fingerprint density at radius 3 is 2.50 bits per heavy atom. The Balaban J connectivity index is 1.39. The molecule has 2 atom stereocenters. The monoisotopic (exact) mass is 458 g/mol. The highest BCUT2D eigenvalue weighted by molar-refractivity contribution is 5.44. The van der Waals surface area contributed by atoms with Crippen molar-refractivity contribution in [2.75, 3.05) is 26.8 Å². The molecule has 0 spiro atoms. The van der Waals surface area contributed by atoms with E-state index >= 15 is 0 Å². The van der Waals surface area contributed by atoms with Gasteiger partial charge >= 0.3 is 0 Å². The molecule has 3 aromatic rings. The van der Waals surface area contributed by atoms with E-state index in [1.165, 1.54) is 18.3 Å². The maximum Gasteiger partial charge on any atom is 0.293 e. The maximum atomic E-state index is 11.7. The first-order valence-electron chi connectivity index (χ1n) is 11.5. The highest BCUT2D eigenvalue weighted by Gasteiger charge is 2.17. The second-order valence-corrected chi connectivity index (χ2v) is 8.52. The third-order valence-electron chi connectivity index (χ3n) is 6.05. The number of hydrogen-bond donors (Lipinski definition) is 4. The van der Waals surface area contributed by atoms with Crippen LogP contribution in [0.3, 0.4) is 0 Å². The summed E-state index contributed by atoms with van der Waals surface area (Å²) >= 11 is 0. The number of nitrogens with zero attached hydrogens (tertiary/aromatic N) is 1. The predicted molar refractivity (Wildman–Crippen MR) is 132 cm³/mol. The lowest BCUT2D eigenvalue weighted by molar-refractivity contribution is 0.178. The fourth-order valence-electron chi connectivity index (χ4n) is 4.07. The van der Waals surface area contributed by atoms with Crippen LogP contribution in [0.1, 0.15) is 40.3 Å². The zero-order valence-electron chi connectivity index (χ0n) is 19.3. The molecule has 0 saturated carbocycles. The van der Waals surface area contributed by atoms with E-state index in [-0.39, 0.29) is 11.7 Å². The van der Waals surface area contributed by atoms with E-state index in [1.54, 1.807) is 7.11 Å². The highest BCUT2D eigenvalue weighted by Crippen LogP contribution is 2.23. The minimum absolute atomic E-state index is 0.0478. The van der Waals surface area contributed by atoms with Crippen LogP contribution >= 0.6 is 0 Å². The van der Waals surface area contributed by atoms with Gasteiger partial charge in [0.2, 0.25) is 5.75 Å². The van der Waals surface area contributed by atoms with Crippen LogP contribution in [0.25, 0.3) is 0 Å². The molecule has 1 fully saturated rings. The fraction of sp³-hybridized carbons (Fsp3) is 0.333. The summed E-state index contributed by atoms with van der Waals surface area (Å²) in [6, 6.07) is 16.9. The summed E-state index contributed by atoms with van der Waals surface area (Å²) < 4.78 is 5.36. The van der Waals surface area contributed by atoms with Crippen LogP contribution in [0.15, 0.2) is 59.7 Å². The van der Waals surface area contributed by atoms with E-state index in [0.29, 0.717) is 24.8 Å². The van der Waals surface area contributed by atoms with Crippen LogP contribution in [-0.4, -0.2) is 47.9 Å². The molecule has 0 amide bonds. The quantitative estimate of drug-likeness (QED) is 0.387. The van der Waals surface area contributed by atoms with Crippen LogP contribution in [0.2, 0.25) is 0 Å². The van der Waals surface area contributed by atoms with Gasteiger partial charge in [0.25, 0.3) is 5.56 Å². The van der Waals surface area contributed by atoms with Crippen molar-refractivity contribution in [1.29, 1.82) is 0 Å². The minimum Gasteiger partial charge on any atom is -0.502 e. The van der Waals surface area contributed by atoms with Crippen molar-refractivity contribution in [3.05, 3.63) is 93.2 Å². The van der Waals surface area contributed by atoms with Crippen LogP contribution in [0.5, 0.6) is 5.75 Å². The number of aromatic hydroxyl groups is 1. The largest absolute Gasteiger partial charge is 0.502 e. The molecule has 1 aliphatic heterocycles. The average molecular weight is 459 g/mol. The number of benzene rings is 2. The number of aromatic amines is 1. The lowest BCUT2D eigenvalue weighted by atomic mass is 9.93. The lowest BCUT2D eigenvalue weighted by Crippen LogP contribution is -2.30. The summed E-state index contributed by atoms with van der Waals surface area (Å²) in [4.78, 5) is 18.1. The second kappa shape index (κ2) is 11.6. The predicted octanol–water partition coefficient (Wildman–Crippen LogP) is 2.30. The summed E-state index contributed by atoms with van der Waals surface area (Å²) in [6.45, 7) is 3.45. The number of hydrogen-bond acceptors (Lipinski definition) is 6. The molecule has 0 unspecified atom stereocenters. The van der Waals surface area contributed by atoms with E-state index in [0.717, 1.165) is 36.3 Å². The molecule has 2 heterocycles. The molecular weight excluding hydrogens is 428 g/mol. The molecule has 2 aromatic carbocycles. The Morgan fingerprint density at radius 1 is 1.15 bits per heavy atom. The molecule has 1 aliphatic rings. The Morgan fingerprint density at radius 2 is 1.85 bits per heavy atom. The van der Waals surface area contributed by atoms with Crippen molar-refractivity contribution in [2.24, 2.45) is 0 Å². The topological polar surface area (TPSA) is 99.3 Å². The third-order valence-corrected chi connectivity index (χ3v) is 6.05. The van der Waals surface area contributed by atoms with Gasteiger partial charge in [0.1, 0.15) is 0 Å². The summed E-state index contributed by atoms with van der Waals surface area (Å²) in [7, 11) is 1.63. The molecule has 0 bridgehead atoms. The first-order chi connectivity index (χ1) is 16.6. The van der Waals surface area contributed by atoms with Crippen molar-refractivity contribution in [3.8, 4) is 17.6 Å². The number of ether oxygens (including phenoxy) is 1. The zero-order chi connectivity index (χ0) is 23.8. The van der Waals surface area contributed by atoms with E-state index in [9.17, 15) is 9.90 Å². The summed E-state index contributed by atoms with van der Waals surface area (Å²) in [5, 5.41) is 17.0. The molecule has 4 rings (SSSR count). The van der Waals surface area contributed by atoms with Gasteiger partial charge in [-0.3, -0.25) is 4.79 Å². The van der Waals surface area contributed by atoms with Gasteiger partial charge in [-0.15, -0.1) is 0 Å². The summed E-state index contributed by atoms with van der Waals surface area (Å²) in [5.74, 6) is 6.05. The van der Waals surface area contributed by atoms with E-state index in [4.69, 9.17) is 4.74 Å². The van der Waals surface area contributed by atoms with Crippen LogP contribution in [0, 0.1) is 11.8 Å². The SMILES string of the molecule is COC[C@H](Cc1nc[nH]c(=O)c1O)c1ccc(C#Cc2ccc(CN[C@H]3CCNC3)cc2)cc1. The van der Waals surface area contributed by atoms with Crippen LogP contribution in [-0.2, 0) is 17.7 Å². The highest BCUT2D eigenvalue weighted by atomic mass is 16.5. The molecule has 4 N–H and O–H groups in total. The van der Waals surface area contributed by atoms with Gasteiger partial charge in [0.15, 0.2) is 0 Å². The number of rotatable bonds is 8. The number of methoxy groups -OCH3 is 1. The number of nitrogens with one attached hydrogen (secondary N) is 3. The molecule has 7 heteroatoms. The Hall–Kier alpha value is -3.44. The van der Waals surface area contributed by atoms with Gasteiger partial charge in [0, 0.05) is 49.7 Å². The van der Waals surface area contributed by atoms with Gasteiger partial charge in [-0.1, -0.05) is 36.1 Å². The van der Waals surface area contributed by atoms with E-state index in [2.05, 4.69) is 56.7 Å². The van der Waals surface area contributed by atoms with E-state index in [1.807, 2.05) is 24.3 Å². The first kappa shape index (κ1) is 23.7. The molecule has 7 nitrogen and oxygen atoms in total. The normalized spacial score (nSPS) is 16.1. The first-order valence-corrected chi connectivity index (χ1v) is 11.5. The van der Waals surface area contributed by atoms with Crippen molar-refractivity contribution >= 4 is 0 Å². The number of aromatic nitrogens is 2. The molecule has 0 radical (unpaired) electrons. The zero-order valence-corrected chi connectivity index (χ0v) is 19.3. The fourth-order valence-corrected chi connectivity index (χ4v) is 4.07. The standard InChI is InChI=1S/C27H30N4O3/c1-34-17-23(14-25-26(32)27(33)31-18-30-25)22-10-8-20(9-11-22)3-2-19-4-6-21(7-5-19)15-29-24-12-13-28-16-24/h4-11,18,23-24,28-29,32H,12-17H2,1H3,(H,30,31,33)/t23-,24-/m0/s1. The summed E-state index contributed by atoms with van der Waals surface area (Å²) in [6.07, 6.45) is 2.88. The molecule has 1 aromatic heterocycles. The van der Waals surface area contributed by atoms with Crippen molar-refractivity contribution < 1.29 is 9.84 Å². The molecule has 176 valence electrons. The molecule has 1 saturated heterocycles. The van der Waals surface area contributed by atoms with Crippen molar-refractivity contribution in [1.82, 2.24) is 20.6 Å². The average Bonchev–Trinajstić information content (AvgIpc) is 3.39. The molecule has 0 aliphatic carbocycles. The van der Waals surface area contributed by atoms with Gasteiger partial charge < -0.3 is 25.5 Å². The van der Waals surface area contributed by atoms with Crippen LogP contribution < -0.4 is 16.2 Å². The Labute approximate surface area is 199 Å². The number of H-pyrrole nitrogens is 1. The minimum atomic E-state index is -0.540. The van der Waals surface area contributed by atoms with Crippen molar-refractivity contribution in [3.63, 3.8) is 0 Å². The second-order valence-electron chi connectivity index (χ2n) is 8.52. The summed E-state index contributed by atoms with van der Waals surface area (Å²) in [5.41, 5.74) is 3.99. The Kier molecular flexibility index (Phi) is 8.10. The van der Waals surface area contributed by atoms with Crippen LogP contribution in [0.4, 0.5) is 0 Å². The van der Waals surface area contributed by atoms with Gasteiger partial charge in [0.05, 0.1) is 18.6 Å². The maximum absolute atomic E-state index is 11.7. The van der Waals surface area contributed by atoms with Gasteiger partial charge in [-0.05, 0) is 48.4 Å².